The van der Waals surface area contributed by atoms with E-state index in [0.717, 1.165) is 90.3 Å². The lowest BCUT2D eigenvalue weighted by atomic mass is 9.65. The lowest BCUT2D eigenvalue weighted by Gasteiger charge is -2.42. The van der Waals surface area contributed by atoms with E-state index in [1.54, 1.807) is 30.5 Å². The van der Waals surface area contributed by atoms with Crippen molar-refractivity contribution < 1.29 is 39.9 Å². The molecular weight excluding hydrogens is 929 g/mol. The Kier molecular flexibility index (Phi) is 14.0. The van der Waals surface area contributed by atoms with Gasteiger partial charge in [0, 0.05) is 54.5 Å². The van der Waals surface area contributed by atoms with Gasteiger partial charge in [0.1, 0.15) is 11.5 Å². The summed E-state index contributed by atoms with van der Waals surface area (Å²) >= 11 is 0. The first kappa shape index (κ1) is 49.8. The number of nitrogens with one attached hydrogen (secondary N) is 2. The molecule has 74 heavy (non-hydrogen) atoms. The van der Waals surface area contributed by atoms with Crippen LogP contribution in [-0.2, 0) is 40.7 Å². The average Bonchev–Trinajstić information content (AvgIpc) is 4.25. The van der Waals surface area contributed by atoms with E-state index < -0.39 is 59.2 Å². The molecule has 2 fully saturated rings. The zero-order valence-electron chi connectivity index (χ0n) is 42.3. The number of fused-ring (bicyclic) bond motifs is 9. The number of phenols is 2. The van der Waals surface area contributed by atoms with Crippen LogP contribution in [0.1, 0.15) is 139 Å². The van der Waals surface area contributed by atoms with Gasteiger partial charge >= 0.3 is 0 Å². The van der Waals surface area contributed by atoms with Gasteiger partial charge in [0.05, 0.1) is 29.6 Å². The molecule has 2 aliphatic heterocycles. The number of hydrogen-bond donors (Lipinski definition) is 7. The molecule has 2 saturated carbocycles. The molecule has 11 rings (SSSR count). The van der Waals surface area contributed by atoms with Gasteiger partial charge in [0.15, 0.2) is 17.3 Å². The molecule has 0 radical (unpaired) electrons. The number of carbonyl (C=O) groups is 2. The van der Waals surface area contributed by atoms with E-state index in [4.69, 9.17) is 15.0 Å². The number of benzene rings is 3. The molecule has 7 atom stereocenters. The predicted molar refractivity (Wildman–Crippen MR) is 285 cm³/mol. The lowest BCUT2D eigenvalue weighted by molar-refractivity contribution is -0.135. The van der Waals surface area contributed by atoms with Crippen LogP contribution in [0.25, 0.3) is 17.5 Å². The van der Waals surface area contributed by atoms with Crippen molar-refractivity contribution in [1.82, 2.24) is 15.3 Å². The molecule has 6 aliphatic rings. The highest BCUT2D eigenvalue weighted by Gasteiger charge is 2.48. The molecule has 3 aromatic carbocycles. The zero-order chi connectivity index (χ0) is 51.1. The summed E-state index contributed by atoms with van der Waals surface area (Å²) in [7, 11) is 1.86. The van der Waals surface area contributed by atoms with Gasteiger partial charge in [-0.1, -0.05) is 109 Å². The number of aromatic hydroxyl groups is 2. The fourth-order valence-electron chi connectivity index (χ4n) is 13.6. The number of aromatic amines is 1. The summed E-state index contributed by atoms with van der Waals surface area (Å²) in [6, 6.07) is 18.6. The molecule has 4 heterocycles. The number of ether oxygens (including phenoxy) is 1. The Morgan fingerprint density at radius 2 is 1.70 bits per heavy atom. The highest BCUT2D eigenvalue weighted by atomic mass is 16.5. The van der Waals surface area contributed by atoms with Crippen LogP contribution in [0.5, 0.6) is 17.2 Å². The van der Waals surface area contributed by atoms with Crippen molar-refractivity contribution in [3.63, 3.8) is 0 Å². The van der Waals surface area contributed by atoms with E-state index >= 15 is 9.59 Å². The minimum atomic E-state index is -1.46. The summed E-state index contributed by atoms with van der Waals surface area (Å²) in [5.74, 6) is 3.99. The van der Waals surface area contributed by atoms with Crippen LogP contribution in [0, 0.1) is 29.6 Å². The van der Waals surface area contributed by atoms with Crippen molar-refractivity contribution in [2.75, 3.05) is 20.2 Å². The second-order valence-electron chi connectivity index (χ2n) is 22.1. The molecule has 5 aromatic rings. The van der Waals surface area contributed by atoms with Gasteiger partial charge in [-0.3, -0.25) is 9.59 Å². The molecule has 4 aliphatic carbocycles. The summed E-state index contributed by atoms with van der Waals surface area (Å²) in [6.45, 7) is -0.0299. The number of nitrogens with zero attached hydrogens (tertiary/aromatic N) is 2. The van der Waals surface area contributed by atoms with Crippen molar-refractivity contribution in [3.05, 3.63) is 146 Å². The van der Waals surface area contributed by atoms with Crippen LogP contribution in [0.4, 0.5) is 5.82 Å². The second-order valence-corrected chi connectivity index (χ2v) is 22.1. The number of aliphatic hydroxyl groups is 3. The zero-order valence-corrected chi connectivity index (χ0v) is 42.3. The monoisotopic (exact) mass is 997 g/mol. The van der Waals surface area contributed by atoms with Gasteiger partial charge in [0.2, 0.25) is 0 Å². The van der Waals surface area contributed by atoms with Crippen LogP contribution in [0.15, 0.2) is 84.7 Å². The number of Topliss-reactive ketones (excluding diaryl/α,β-unsaturated/α-hetero) is 2. The summed E-state index contributed by atoms with van der Waals surface area (Å²) in [4.78, 5) is 39.4. The van der Waals surface area contributed by atoms with Crippen molar-refractivity contribution in [2.45, 2.75) is 138 Å². The van der Waals surface area contributed by atoms with Gasteiger partial charge in [-0.25, -0.2) is 0 Å². The second kappa shape index (κ2) is 20.7. The standard InChI is InChI=1S/C62H68N4O8/c1-63-36-41-13-15-51-48-34-52-46(20-27-64-52)49(35-61(73)24-17-39-7-6-10-53(68)45(39)18-25-61)56(48)58(71)47(21-28-67)54(69)16-12-38-31-43(57(70)55(32-38)74-44-8-2-3-9-44)30-37-11-14-50(62(59(41)72)22-4-5-23-62)42(29-37)33-40-19-26-65-60(40)66-51/h6-7,10-11,14,18-20,25-27,29,31-32,34,41,44,47,49,51,56,59,63,65,67-68,70,72-73H,2-5,8-9,12,16-17,21-24,28,30,33,35-36H2,1H3/q-2. The van der Waals surface area contributed by atoms with Crippen molar-refractivity contribution >= 4 is 29.5 Å². The number of aliphatic hydroxyl groups excluding tert-OH is 2. The Morgan fingerprint density at radius 1 is 0.878 bits per heavy atom. The highest BCUT2D eigenvalue weighted by Crippen LogP contribution is 2.51. The number of carbonyl (C=O) groups excluding carboxylic acids is 2. The summed E-state index contributed by atoms with van der Waals surface area (Å²) in [6.07, 6.45) is 17.2. The molecule has 386 valence electrons. The number of ketones is 2. The largest absolute Gasteiger partial charge is 0.664 e. The Labute approximate surface area is 433 Å². The van der Waals surface area contributed by atoms with Crippen LogP contribution >= 0.6 is 0 Å². The molecule has 2 aromatic heterocycles. The first-order chi connectivity index (χ1) is 35.9. The topological polar surface area (TPSA) is 201 Å². The van der Waals surface area contributed by atoms with Crippen LogP contribution in [-0.4, -0.2) is 86.1 Å². The number of phenolic OH excluding ortho intramolecular Hbond substituents is 2. The van der Waals surface area contributed by atoms with Crippen LogP contribution in [0.2, 0.25) is 0 Å². The Bertz CT molecular complexity index is 3050. The van der Waals surface area contributed by atoms with Crippen molar-refractivity contribution in [2.24, 2.45) is 17.8 Å². The lowest BCUT2D eigenvalue weighted by Crippen LogP contribution is -2.45. The summed E-state index contributed by atoms with van der Waals surface area (Å²) in [5.41, 5.74) is 6.82. The maximum Gasteiger partial charge on any atom is 0.161 e. The fraction of sp³-hybridized carbons (Fsp3) is 0.452. The molecule has 0 amide bonds. The molecule has 0 saturated heterocycles. The predicted octanol–water partition coefficient (Wildman–Crippen LogP) is 8.95. The van der Waals surface area contributed by atoms with Crippen molar-refractivity contribution in [1.29, 1.82) is 0 Å². The SMILES string of the molecule is CNCC1C#CC2[N-]c3[nH]ccc3Cc3cc(ccc3C3(CCCC3)C1O)Cc1cc(cc(OC3CCCC3)c1O)CCC(=O)C(CCO)C(=O)C1C2=Cc2[n-]ccc2C1CC1(O)C=Cc2c(O)cccc2CC1. The number of aryl methyl sites for hydroxylation is 2. The maximum atomic E-state index is 16.1. The highest BCUT2D eigenvalue weighted by molar-refractivity contribution is 6.05. The van der Waals surface area contributed by atoms with E-state index in [0.29, 0.717) is 66.2 Å². The summed E-state index contributed by atoms with van der Waals surface area (Å²) in [5, 5.41) is 68.3. The molecule has 7 unspecified atom stereocenters. The summed E-state index contributed by atoms with van der Waals surface area (Å²) < 4.78 is 6.55. The van der Waals surface area contributed by atoms with E-state index in [1.165, 1.54) is 0 Å². The van der Waals surface area contributed by atoms with E-state index in [9.17, 15) is 25.5 Å². The molecular formula is C62H68N4O8-2. The van der Waals surface area contributed by atoms with Crippen molar-refractivity contribution in [3.8, 4) is 29.1 Å². The Balaban J connectivity index is 1.11. The smallest absolute Gasteiger partial charge is 0.161 e. The molecule has 7 N–H and O–H groups in total. The number of aromatic nitrogens is 2. The first-order valence-corrected chi connectivity index (χ1v) is 27.0. The average molecular weight is 997 g/mol. The third-order valence-corrected chi connectivity index (χ3v) is 17.4. The van der Waals surface area contributed by atoms with Gasteiger partial charge < -0.3 is 50.9 Å². The van der Waals surface area contributed by atoms with E-state index in [1.807, 2.05) is 49.7 Å². The minimum absolute atomic E-state index is 0.0124. The Morgan fingerprint density at radius 3 is 2.51 bits per heavy atom. The normalized spacial score (nSPS) is 26.6. The number of hydrogen-bond acceptors (Lipinski definition) is 9. The van der Waals surface area contributed by atoms with E-state index in [-0.39, 0.29) is 49.1 Å². The number of H-pyrrole nitrogens is 1. The molecule has 5 bridgehead atoms. The van der Waals surface area contributed by atoms with E-state index in [2.05, 4.69) is 40.3 Å². The van der Waals surface area contributed by atoms with Gasteiger partial charge in [0.25, 0.3) is 0 Å². The fourth-order valence-corrected chi connectivity index (χ4v) is 13.6. The quantitative estimate of drug-likeness (QED) is 0.0582. The maximum absolute atomic E-state index is 16.1. The third-order valence-electron chi connectivity index (χ3n) is 17.4. The Hall–Kier alpha value is -6.36. The van der Waals surface area contributed by atoms with Gasteiger partial charge in [-0.05, 0) is 141 Å². The molecule has 12 heteroatoms. The molecule has 12 nitrogen and oxygen atoms in total. The van der Waals surface area contributed by atoms with Crippen LogP contribution in [0.3, 0.4) is 0 Å². The number of rotatable bonds is 8. The minimum Gasteiger partial charge on any atom is -0.664 e. The van der Waals surface area contributed by atoms with Crippen LogP contribution < -0.4 is 15.0 Å². The molecule has 1 spiro atoms. The van der Waals surface area contributed by atoms with Gasteiger partial charge in [-0.2, -0.15) is 6.20 Å². The van der Waals surface area contributed by atoms with Gasteiger partial charge in [-0.15, -0.1) is 5.69 Å². The third kappa shape index (κ3) is 9.53. The first-order valence-electron chi connectivity index (χ1n) is 27.0.